The zero-order chi connectivity index (χ0) is 22.9. The summed E-state index contributed by atoms with van der Waals surface area (Å²) in [6.45, 7) is 0. The van der Waals surface area contributed by atoms with Gasteiger partial charge in [-0.05, 0) is 85.0 Å². The van der Waals surface area contributed by atoms with E-state index >= 15 is 0 Å². The third-order valence-electron chi connectivity index (χ3n) is 8.33. The number of rotatable bonds is 3. The molecule has 6 rings (SSSR count). The summed E-state index contributed by atoms with van der Waals surface area (Å²) >= 11 is 0. The van der Waals surface area contributed by atoms with E-state index in [0.29, 0.717) is 12.0 Å². The smallest absolute Gasteiger partial charge is 0.0876 e. The Morgan fingerprint density at radius 1 is 1.09 bits per heavy atom. The number of aliphatic imine (C=N–C) groups is 1. The van der Waals surface area contributed by atoms with Crippen molar-refractivity contribution in [1.29, 1.82) is 5.26 Å². The van der Waals surface area contributed by atoms with Crippen LogP contribution in [-0.2, 0) is 0 Å². The lowest BCUT2D eigenvalue weighted by atomic mass is 9.78. The highest BCUT2D eigenvalue weighted by molar-refractivity contribution is 6.58. The van der Waals surface area contributed by atoms with Crippen LogP contribution in [0.25, 0.3) is 0 Å². The van der Waals surface area contributed by atoms with E-state index < -0.39 is 0 Å². The molecule has 1 aromatic carbocycles. The number of anilines is 1. The van der Waals surface area contributed by atoms with E-state index in [0.717, 1.165) is 31.2 Å². The van der Waals surface area contributed by atoms with Gasteiger partial charge in [-0.2, -0.15) is 5.26 Å². The highest BCUT2D eigenvalue weighted by atomic mass is 28.2. The van der Waals surface area contributed by atoms with Gasteiger partial charge in [0, 0.05) is 29.6 Å². The first-order chi connectivity index (χ1) is 16.8. The maximum atomic E-state index is 9.64. The zero-order valence-corrected chi connectivity index (χ0v) is 21.2. The van der Waals surface area contributed by atoms with E-state index in [1.165, 1.54) is 41.8 Å². The van der Waals surface area contributed by atoms with E-state index in [1.807, 2.05) is 18.4 Å². The Morgan fingerprint density at radius 2 is 2.03 bits per heavy atom. The molecule has 4 heteroatoms. The molecule has 2 heterocycles. The molecular weight excluding hydrogens is 430 g/mol. The molecule has 0 spiro atoms. The van der Waals surface area contributed by atoms with Crippen molar-refractivity contribution in [2.75, 3.05) is 4.90 Å². The SMILES string of the molecule is N#CC1C=CC=NC1C1C=C(C2=CCCC(N3c4ccccc4[SiH2]C4C=CCCC43)=C2)CCC1. The first-order valence-corrected chi connectivity index (χ1v) is 14.6. The average Bonchev–Trinajstić information content (AvgIpc) is 2.91. The molecule has 0 amide bonds. The van der Waals surface area contributed by atoms with Crippen molar-refractivity contribution in [3.8, 4) is 6.07 Å². The monoisotopic (exact) mass is 463 g/mol. The topological polar surface area (TPSA) is 39.4 Å². The summed E-state index contributed by atoms with van der Waals surface area (Å²) in [5.74, 6) is 0.242. The fourth-order valence-corrected chi connectivity index (χ4v) is 9.03. The highest BCUT2D eigenvalue weighted by Gasteiger charge is 2.36. The maximum Gasteiger partial charge on any atom is 0.0876 e. The number of hydrogen-bond donors (Lipinski definition) is 0. The number of benzene rings is 1. The van der Waals surface area contributed by atoms with Gasteiger partial charge in [-0.25, -0.2) is 0 Å². The molecule has 2 aliphatic heterocycles. The van der Waals surface area contributed by atoms with Crippen LogP contribution in [0.4, 0.5) is 5.69 Å². The third kappa shape index (κ3) is 3.97. The summed E-state index contributed by atoms with van der Waals surface area (Å²) < 4.78 is 0. The van der Waals surface area contributed by atoms with Gasteiger partial charge in [0.25, 0.3) is 0 Å². The predicted molar refractivity (Wildman–Crippen MR) is 144 cm³/mol. The second-order valence-electron chi connectivity index (χ2n) is 10.3. The van der Waals surface area contributed by atoms with E-state index in [-0.39, 0.29) is 21.5 Å². The summed E-state index contributed by atoms with van der Waals surface area (Å²) in [6.07, 6.45) is 26.3. The van der Waals surface area contributed by atoms with E-state index in [1.54, 1.807) is 5.19 Å². The minimum absolute atomic E-state index is 0.0617. The van der Waals surface area contributed by atoms with Crippen LogP contribution in [0.3, 0.4) is 0 Å². The zero-order valence-electron chi connectivity index (χ0n) is 19.8. The van der Waals surface area contributed by atoms with Gasteiger partial charge in [0.15, 0.2) is 0 Å². The third-order valence-corrected chi connectivity index (χ3v) is 10.7. The molecule has 0 radical (unpaired) electrons. The van der Waals surface area contributed by atoms with Crippen molar-refractivity contribution in [2.45, 2.75) is 62.6 Å². The molecule has 0 aromatic heterocycles. The molecule has 5 unspecified atom stereocenters. The van der Waals surface area contributed by atoms with Crippen LogP contribution < -0.4 is 10.1 Å². The number of para-hydroxylation sites is 1. The first kappa shape index (κ1) is 21.6. The van der Waals surface area contributed by atoms with Crippen molar-refractivity contribution in [3.63, 3.8) is 0 Å². The predicted octanol–water partition coefficient (Wildman–Crippen LogP) is 5.29. The fourth-order valence-electron chi connectivity index (χ4n) is 6.71. The summed E-state index contributed by atoms with van der Waals surface area (Å²) in [5, 5.41) is 11.3. The standard InChI is InChI=1S/C30H33N3Si/c31-20-24-11-7-17-32-30(24)23-10-5-8-21(18-23)22-9-6-12-25(19-22)33-26-13-1-3-15-28(26)34-29-16-4-2-14-27(29)33/h1,3-4,7,9,11,13,15-19,23-24,27,29-30H,2,5-6,8,10,12,14,34H2. The lowest BCUT2D eigenvalue weighted by molar-refractivity contribution is 0.405. The number of nitriles is 1. The van der Waals surface area contributed by atoms with Crippen LogP contribution in [0.5, 0.6) is 0 Å². The Kier molecular flexibility index (Phi) is 5.97. The van der Waals surface area contributed by atoms with Crippen LogP contribution in [0.15, 0.2) is 88.6 Å². The molecule has 1 aromatic rings. The van der Waals surface area contributed by atoms with Gasteiger partial charge in [0.1, 0.15) is 0 Å². The second-order valence-corrected chi connectivity index (χ2v) is 12.5. The van der Waals surface area contributed by atoms with Crippen molar-refractivity contribution in [3.05, 3.63) is 83.6 Å². The molecule has 0 saturated carbocycles. The molecule has 0 saturated heterocycles. The van der Waals surface area contributed by atoms with Gasteiger partial charge in [0.05, 0.1) is 27.5 Å². The highest BCUT2D eigenvalue weighted by Crippen LogP contribution is 2.41. The van der Waals surface area contributed by atoms with Gasteiger partial charge >= 0.3 is 0 Å². The lowest BCUT2D eigenvalue weighted by Crippen LogP contribution is -2.49. The van der Waals surface area contributed by atoms with Gasteiger partial charge in [-0.3, -0.25) is 4.99 Å². The Balaban J connectivity index is 1.32. The summed E-state index contributed by atoms with van der Waals surface area (Å²) in [6, 6.07) is 12.3. The Bertz CT molecular complexity index is 1180. The molecule has 3 nitrogen and oxygen atoms in total. The van der Waals surface area contributed by atoms with Gasteiger partial charge < -0.3 is 4.90 Å². The van der Waals surface area contributed by atoms with Crippen LogP contribution in [0.2, 0.25) is 5.54 Å². The minimum Gasteiger partial charge on any atom is -0.342 e. The molecule has 5 aliphatic rings. The van der Waals surface area contributed by atoms with E-state index in [2.05, 4.69) is 65.6 Å². The van der Waals surface area contributed by atoms with Crippen molar-refractivity contribution in [2.24, 2.45) is 16.8 Å². The molecule has 34 heavy (non-hydrogen) atoms. The van der Waals surface area contributed by atoms with Crippen LogP contribution in [-0.4, -0.2) is 27.8 Å². The number of nitrogens with zero attached hydrogens (tertiary/aromatic N) is 3. The van der Waals surface area contributed by atoms with Crippen LogP contribution in [0.1, 0.15) is 44.9 Å². The van der Waals surface area contributed by atoms with Gasteiger partial charge in [-0.15, -0.1) is 0 Å². The summed E-state index contributed by atoms with van der Waals surface area (Å²) in [7, 11) is -0.289. The second kappa shape index (κ2) is 9.39. The van der Waals surface area contributed by atoms with E-state index in [9.17, 15) is 5.26 Å². The molecule has 3 aliphatic carbocycles. The largest absolute Gasteiger partial charge is 0.342 e. The quantitative estimate of drug-likeness (QED) is 0.451. The number of hydrogen-bond acceptors (Lipinski definition) is 3. The molecule has 0 fully saturated rings. The first-order valence-electron chi connectivity index (χ1n) is 13.1. The summed E-state index contributed by atoms with van der Waals surface area (Å²) in [5.41, 5.74) is 6.61. The summed E-state index contributed by atoms with van der Waals surface area (Å²) in [4.78, 5) is 7.45. The number of fused-ring (bicyclic) bond motifs is 2. The molecule has 0 bridgehead atoms. The molecule has 0 N–H and O–H groups in total. The average molecular weight is 464 g/mol. The van der Waals surface area contributed by atoms with Crippen molar-refractivity contribution in [1.82, 2.24) is 0 Å². The Hall–Kier alpha value is -2.90. The molecule has 172 valence electrons. The maximum absolute atomic E-state index is 9.64. The number of allylic oxidation sites excluding steroid dienone is 7. The van der Waals surface area contributed by atoms with Gasteiger partial charge in [0.2, 0.25) is 0 Å². The fraction of sp³-hybridized carbons (Fsp3) is 0.400. The van der Waals surface area contributed by atoms with Crippen molar-refractivity contribution >= 4 is 26.6 Å². The van der Waals surface area contributed by atoms with Crippen molar-refractivity contribution < 1.29 is 0 Å². The lowest BCUT2D eigenvalue weighted by Gasteiger charge is -2.46. The normalized spacial score (nSPS) is 32.9. The van der Waals surface area contributed by atoms with Gasteiger partial charge in [-0.1, -0.05) is 48.6 Å². The Morgan fingerprint density at radius 3 is 2.97 bits per heavy atom. The molecule has 5 atom stereocenters. The van der Waals surface area contributed by atoms with Crippen LogP contribution in [0, 0.1) is 23.2 Å². The Labute approximate surface area is 205 Å². The number of dihydropyridines is 1. The molecular formula is C30H33N3Si. The van der Waals surface area contributed by atoms with E-state index in [4.69, 9.17) is 4.99 Å². The van der Waals surface area contributed by atoms with Crippen LogP contribution >= 0.6 is 0 Å². The minimum atomic E-state index is -0.289.